The third kappa shape index (κ3) is 6.00. The predicted octanol–water partition coefficient (Wildman–Crippen LogP) is 7.09. The van der Waals surface area contributed by atoms with Crippen molar-refractivity contribution in [2.75, 3.05) is 10.6 Å². The molecule has 3 amide bonds. The number of rotatable bonds is 6. The van der Waals surface area contributed by atoms with Gasteiger partial charge in [-0.3, -0.25) is 15.2 Å². The third-order valence-corrected chi connectivity index (χ3v) is 9.11. The van der Waals surface area contributed by atoms with Crippen LogP contribution in [0, 0.1) is 26.7 Å². The lowest BCUT2D eigenvalue weighted by molar-refractivity contribution is 0.0523. The van der Waals surface area contributed by atoms with Crippen molar-refractivity contribution in [3.63, 3.8) is 0 Å². The SMILES string of the molecule is Cc1ccc(-n2nc(C(C)(C)C)cc2NC(=O)Nc2cccc(CC3CC4CCC(C3)N4C(=O)c3c(C)n[nH]c3C)c2)cc1. The number of urea groups is 1. The molecule has 230 valence electrons. The predicted molar refractivity (Wildman–Crippen MR) is 174 cm³/mol. The number of aromatic amines is 1. The van der Waals surface area contributed by atoms with E-state index < -0.39 is 0 Å². The Morgan fingerprint density at radius 3 is 2.30 bits per heavy atom. The van der Waals surface area contributed by atoms with Crippen molar-refractivity contribution in [3.05, 3.63) is 88.4 Å². The van der Waals surface area contributed by atoms with E-state index in [1.54, 1.807) is 4.68 Å². The molecule has 2 aliphatic rings. The molecule has 4 heterocycles. The fourth-order valence-electron chi connectivity index (χ4n) is 6.89. The van der Waals surface area contributed by atoms with Crippen molar-refractivity contribution < 1.29 is 9.59 Å². The average Bonchev–Trinajstić information content (AvgIpc) is 3.62. The minimum Gasteiger partial charge on any atom is -0.333 e. The van der Waals surface area contributed by atoms with Crippen molar-refractivity contribution in [1.82, 2.24) is 24.9 Å². The van der Waals surface area contributed by atoms with Gasteiger partial charge in [0, 0.05) is 34.9 Å². The normalized spacial score (nSPS) is 19.7. The number of nitrogens with one attached hydrogen (secondary N) is 3. The molecule has 2 atom stereocenters. The second-order valence-corrected chi connectivity index (χ2v) is 13.6. The summed E-state index contributed by atoms with van der Waals surface area (Å²) in [6, 6.07) is 18.4. The highest BCUT2D eigenvalue weighted by atomic mass is 16.2. The number of benzene rings is 2. The average molecular weight is 594 g/mol. The number of fused-ring (bicyclic) bond motifs is 2. The van der Waals surface area contributed by atoms with Crippen molar-refractivity contribution in [2.24, 2.45) is 5.92 Å². The van der Waals surface area contributed by atoms with Crippen molar-refractivity contribution >= 4 is 23.4 Å². The van der Waals surface area contributed by atoms with Gasteiger partial charge in [-0.25, -0.2) is 9.48 Å². The molecular weight excluding hydrogens is 550 g/mol. The number of carbonyl (C=O) groups is 2. The molecule has 9 nitrogen and oxygen atoms in total. The van der Waals surface area contributed by atoms with E-state index in [1.165, 1.54) is 5.56 Å². The van der Waals surface area contributed by atoms with Crippen LogP contribution in [0.25, 0.3) is 5.69 Å². The Bertz CT molecular complexity index is 1640. The van der Waals surface area contributed by atoms with E-state index in [9.17, 15) is 9.59 Å². The first kappa shape index (κ1) is 29.7. The second kappa shape index (κ2) is 11.6. The van der Waals surface area contributed by atoms with Gasteiger partial charge < -0.3 is 10.2 Å². The van der Waals surface area contributed by atoms with E-state index in [1.807, 2.05) is 63.2 Å². The highest BCUT2D eigenvalue weighted by Crippen LogP contribution is 2.41. The largest absolute Gasteiger partial charge is 0.333 e. The number of nitrogens with zero attached hydrogens (tertiary/aromatic N) is 4. The number of carbonyl (C=O) groups excluding carboxylic acids is 2. The number of H-pyrrole nitrogens is 1. The molecule has 0 spiro atoms. The van der Waals surface area contributed by atoms with Gasteiger partial charge in [-0.15, -0.1) is 0 Å². The Hall–Kier alpha value is -4.40. The monoisotopic (exact) mass is 593 g/mol. The summed E-state index contributed by atoms with van der Waals surface area (Å²) in [7, 11) is 0. The summed E-state index contributed by atoms with van der Waals surface area (Å²) in [4.78, 5) is 28.8. The van der Waals surface area contributed by atoms with E-state index in [-0.39, 0.29) is 29.4 Å². The molecule has 0 radical (unpaired) electrons. The van der Waals surface area contributed by atoms with Crippen LogP contribution in [0.5, 0.6) is 0 Å². The molecule has 2 saturated heterocycles. The summed E-state index contributed by atoms with van der Waals surface area (Å²) in [6.07, 6.45) is 5.03. The fourth-order valence-corrected chi connectivity index (χ4v) is 6.89. The Labute approximate surface area is 259 Å². The second-order valence-electron chi connectivity index (χ2n) is 13.6. The molecular formula is C35H43N7O2. The summed E-state index contributed by atoms with van der Waals surface area (Å²) < 4.78 is 1.79. The van der Waals surface area contributed by atoms with E-state index in [0.717, 1.165) is 71.7 Å². The van der Waals surface area contributed by atoms with Gasteiger partial charge in [0.2, 0.25) is 0 Å². The maximum atomic E-state index is 13.5. The molecule has 4 aromatic rings. The summed E-state index contributed by atoms with van der Waals surface area (Å²) in [5.74, 6) is 1.23. The summed E-state index contributed by atoms with van der Waals surface area (Å²) in [6.45, 7) is 12.2. The van der Waals surface area contributed by atoms with Gasteiger partial charge in [0.15, 0.2) is 0 Å². The number of amides is 3. The molecule has 2 fully saturated rings. The lowest BCUT2D eigenvalue weighted by Crippen LogP contribution is -2.47. The zero-order valence-corrected chi connectivity index (χ0v) is 26.6. The minimum atomic E-state index is -0.314. The van der Waals surface area contributed by atoms with Crippen LogP contribution >= 0.6 is 0 Å². The molecule has 3 N–H and O–H groups in total. The molecule has 2 unspecified atom stereocenters. The zero-order valence-electron chi connectivity index (χ0n) is 26.6. The molecule has 44 heavy (non-hydrogen) atoms. The zero-order chi connectivity index (χ0) is 31.2. The minimum absolute atomic E-state index is 0.121. The molecule has 2 aromatic carbocycles. The summed E-state index contributed by atoms with van der Waals surface area (Å²) >= 11 is 0. The Morgan fingerprint density at radius 1 is 0.955 bits per heavy atom. The Morgan fingerprint density at radius 2 is 1.66 bits per heavy atom. The topological polar surface area (TPSA) is 108 Å². The fraction of sp³-hybridized carbons (Fsp3) is 0.429. The maximum Gasteiger partial charge on any atom is 0.324 e. The Kier molecular flexibility index (Phi) is 7.82. The van der Waals surface area contributed by atoms with Crippen LogP contribution in [0.15, 0.2) is 54.6 Å². The molecule has 2 aromatic heterocycles. The lowest BCUT2D eigenvalue weighted by Gasteiger charge is -2.39. The van der Waals surface area contributed by atoms with Gasteiger partial charge in [0.25, 0.3) is 5.91 Å². The molecule has 2 aliphatic heterocycles. The molecule has 6 rings (SSSR count). The lowest BCUT2D eigenvalue weighted by atomic mass is 9.85. The molecule has 0 aliphatic carbocycles. The van der Waals surface area contributed by atoms with Crippen molar-refractivity contribution in [2.45, 2.75) is 91.1 Å². The van der Waals surface area contributed by atoms with Gasteiger partial charge in [-0.2, -0.15) is 10.2 Å². The van der Waals surface area contributed by atoms with E-state index in [0.29, 0.717) is 11.7 Å². The van der Waals surface area contributed by atoms with Crippen LogP contribution in [-0.2, 0) is 11.8 Å². The van der Waals surface area contributed by atoms with Gasteiger partial charge in [-0.1, -0.05) is 50.6 Å². The number of anilines is 2. The number of hydrogen-bond donors (Lipinski definition) is 3. The number of hydrogen-bond acceptors (Lipinski definition) is 4. The third-order valence-electron chi connectivity index (χ3n) is 9.11. The standard InChI is InChI=1S/C35H43N7O2/c1-21-10-12-27(13-11-21)42-31(20-30(40-42)35(4,5)6)37-34(44)36-26-9-7-8-24(17-26)16-25-18-28-14-15-29(19-25)41(28)33(43)32-22(2)38-39-23(32)3/h7-13,17,20,25,28-29H,14-16,18-19H2,1-6H3,(H,38,39)(H2,36,37,44). The highest BCUT2D eigenvalue weighted by molar-refractivity contribution is 5.99. The van der Waals surface area contributed by atoms with Crippen LogP contribution in [0.2, 0.25) is 0 Å². The maximum absolute atomic E-state index is 13.5. The molecule has 2 bridgehead atoms. The summed E-state index contributed by atoms with van der Waals surface area (Å²) in [5, 5.41) is 18.1. The van der Waals surface area contributed by atoms with Crippen LogP contribution in [0.3, 0.4) is 0 Å². The van der Waals surface area contributed by atoms with Crippen LogP contribution in [0.1, 0.15) is 85.0 Å². The van der Waals surface area contributed by atoms with Gasteiger partial charge >= 0.3 is 6.03 Å². The van der Waals surface area contributed by atoms with Crippen molar-refractivity contribution in [3.8, 4) is 5.69 Å². The first-order valence-electron chi connectivity index (χ1n) is 15.6. The van der Waals surface area contributed by atoms with E-state index in [2.05, 4.69) is 58.6 Å². The van der Waals surface area contributed by atoms with E-state index in [4.69, 9.17) is 5.10 Å². The smallest absolute Gasteiger partial charge is 0.324 e. The van der Waals surface area contributed by atoms with Gasteiger partial charge in [0.1, 0.15) is 5.82 Å². The molecule has 9 heteroatoms. The van der Waals surface area contributed by atoms with Crippen LogP contribution in [0.4, 0.5) is 16.3 Å². The van der Waals surface area contributed by atoms with Crippen LogP contribution < -0.4 is 10.6 Å². The van der Waals surface area contributed by atoms with E-state index >= 15 is 0 Å². The molecule has 0 saturated carbocycles. The quantitative estimate of drug-likeness (QED) is 0.222. The first-order chi connectivity index (χ1) is 21.0. The Balaban J connectivity index is 1.11. The summed E-state index contributed by atoms with van der Waals surface area (Å²) in [5.41, 5.74) is 7.06. The van der Waals surface area contributed by atoms with Crippen molar-refractivity contribution in [1.29, 1.82) is 0 Å². The van der Waals surface area contributed by atoms with Crippen LogP contribution in [-0.4, -0.2) is 48.9 Å². The number of aryl methyl sites for hydroxylation is 3. The number of aromatic nitrogens is 4. The highest BCUT2D eigenvalue weighted by Gasteiger charge is 2.44. The van der Waals surface area contributed by atoms with Gasteiger partial charge in [-0.05, 0) is 88.6 Å². The first-order valence-corrected chi connectivity index (χ1v) is 15.6. The number of piperidine rings is 1. The van der Waals surface area contributed by atoms with Gasteiger partial charge in [0.05, 0.1) is 22.6 Å².